The normalized spacial score (nSPS) is 10.8. The summed E-state index contributed by atoms with van der Waals surface area (Å²) in [6, 6.07) is 7.96. The average Bonchev–Trinajstić information content (AvgIpc) is 2.80. The molecule has 108 valence electrons. The van der Waals surface area contributed by atoms with Gasteiger partial charge >= 0.3 is 0 Å². The zero-order chi connectivity index (χ0) is 14.8. The fourth-order valence-corrected chi connectivity index (χ4v) is 2.20. The molecule has 1 N–H and O–H groups in total. The number of nitrogens with zero attached hydrogens (tertiary/aromatic N) is 4. The molecule has 0 unspecified atom stereocenters. The first-order valence-electron chi connectivity index (χ1n) is 6.70. The summed E-state index contributed by atoms with van der Waals surface area (Å²) in [7, 11) is 3.61. The van der Waals surface area contributed by atoms with Crippen LogP contribution in [0.5, 0.6) is 5.88 Å². The van der Waals surface area contributed by atoms with E-state index in [-0.39, 0.29) is 0 Å². The van der Waals surface area contributed by atoms with Crippen LogP contribution in [0.1, 0.15) is 11.4 Å². The van der Waals surface area contributed by atoms with Crippen molar-refractivity contribution < 1.29 is 4.74 Å². The van der Waals surface area contributed by atoms with E-state index in [0.717, 1.165) is 22.4 Å². The minimum atomic E-state index is 0.545. The Balaban J connectivity index is 1.78. The third-order valence-electron chi connectivity index (χ3n) is 3.46. The van der Waals surface area contributed by atoms with Gasteiger partial charge < -0.3 is 14.6 Å². The van der Waals surface area contributed by atoms with Crippen molar-refractivity contribution in [3.8, 4) is 5.88 Å². The Labute approximate surface area is 122 Å². The predicted octanol–water partition coefficient (Wildman–Crippen LogP) is 2.29. The minimum absolute atomic E-state index is 0.545. The fourth-order valence-electron chi connectivity index (χ4n) is 2.20. The summed E-state index contributed by atoms with van der Waals surface area (Å²) in [6.07, 6.45) is 1.67. The van der Waals surface area contributed by atoms with Crippen molar-refractivity contribution in [3.63, 3.8) is 0 Å². The highest BCUT2D eigenvalue weighted by atomic mass is 16.5. The van der Waals surface area contributed by atoms with Crippen molar-refractivity contribution in [2.45, 2.75) is 13.5 Å². The number of hydrogen-bond acceptors (Lipinski definition) is 5. The lowest BCUT2D eigenvalue weighted by molar-refractivity contribution is 0.397. The number of benzene rings is 1. The van der Waals surface area contributed by atoms with Gasteiger partial charge in [0, 0.05) is 25.9 Å². The molecule has 1 aromatic carbocycles. The van der Waals surface area contributed by atoms with Crippen molar-refractivity contribution >= 4 is 17.0 Å². The smallest absolute Gasteiger partial charge is 0.226 e. The van der Waals surface area contributed by atoms with Crippen LogP contribution in [0, 0.1) is 6.92 Å². The van der Waals surface area contributed by atoms with Gasteiger partial charge in [-0.15, -0.1) is 0 Å². The highest BCUT2D eigenvalue weighted by Gasteiger charge is 2.05. The minimum Gasteiger partial charge on any atom is -0.481 e. The topological polar surface area (TPSA) is 64.9 Å². The van der Waals surface area contributed by atoms with Gasteiger partial charge in [0.1, 0.15) is 5.82 Å². The number of nitrogens with one attached hydrogen (secondary N) is 1. The first-order chi connectivity index (χ1) is 10.2. The molecule has 2 aromatic heterocycles. The van der Waals surface area contributed by atoms with E-state index in [9.17, 15) is 0 Å². The van der Waals surface area contributed by atoms with Gasteiger partial charge in [-0.1, -0.05) is 6.07 Å². The van der Waals surface area contributed by atoms with Gasteiger partial charge in [-0.3, -0.25) is 0 Å². The van der Waals surface area contributed by atoms with Crippen LogP contribution in [-0.2, 0) is 13.6 Å². The van der Waals surface area contributed by atoms with Gasteiger partial charge in [0.15, 0.2) is 0 Å². The molecule has 0 amide bonds. The second kappa shape index (κ2) is 5.40. The van der Waals surface area contributed by atoms with Crippen LogP contribution in [0.25, 0.3) is 11.0 Å². The van der Waals surface area contributed by atoms with Gasteiger partial charge in [-0.2, -0.15) is 4.98 Å². The molecule has 0 aliphatic heterocycles. The number of aryl methyl sites for hydroxylation is 2. The number of fused-ring (bicyclic) bond motifs is 1. The summed E-state index contributed by atoms with van der Waals surface area (Å²) in [6.45, 7) is 2.64. The molecule has 0 atom stereocenters. The second-order valence-electron chi connectivity index (χ2n) is 4.82. The van der Waals surface area contributed by atoms with E-state index < -0.39 is 0 Å². The van der Waals surface area contributed by atoms with Crippen LogP contribution in [0.4, 0.5) is 5.95 Å². The number of anilines is 1. The molecule has 0 saturated heterocycles. The highest BCUT2D eigenvalue weighted by molar-refractivity contribution is 5.76. The molecule has 0 aliphatic rings. The van der Waals surface area contributed by atoms with Crippen molar-refractivity contribution in [1.29, 1.82) is 0 Å². The average molecular weight is 283 g/mol. The number of hydrogen-bond donors (Lipinski definition) is 1. The summed E-state index contributed by atoms with van der Waals surface area (Å²) < 4.78 is 7.16. The van der Waals surface area contributed by atoms with Crippen LogP contribution < -0.4 is 10.1 Å². The Morgan fingerprint density at radius 1 is 1.24 bits per heavy atom. The second-order valence-corrected chi connectivity index (χ2v) is 4.82. The molecule has 3 rings (SSSR count). The van der Waals surface area contributed by atoms with E-state index in [0.29, 0.717) is 18.4 Å². The molecule has 0 aliphatic carbocycles. The van der Waals surface area contributed by atoms with Crippen LogP contribution in [0.15, 0.2) is 30.5 Å². The molecule has 6 heteroatoms. The Morgan fingerprint density at radius 3 is 2.90 bits per heavy atom. The molecule has 21 heavy (non-hydrogen) atoms. The summed E-state index contributed by atoms with van der Waals surface area (Å²) in [5, 5.41) is 3.18. The lowest BCUT2D eigenvalue weighted by Gasteiger charge is -2.06. The maximum Gasteiger partial charge on any atom is 0.226 e. The molecule has 0 bridgehead atoms. The largest absolute Gasteiger partial charge is 0.481 e. The van der Waals surface area contributed by atoms with Crippen molar-refractivity contribution in [1.82, 2.24) is 19.5 Å². The van der Waals surface area contributed by atoms with Crippen molar-refractivity contribution in [2.24, 2.45) is 7.05 Å². The Hall–Kier alpha value is -2.63. The third-order valence-corrected chi connectivity index (χ3v) is 3.46. The lowest BCUT2D eigenvalue weighted by atomic mass is 10.2. The summed E-state index contributed by atoms with van der Waals surface area (Å²) >= 11 is 0. The maximum atomic E-state index is 5.08. The fraction of sp³-hybridized carbons (Fsp3) is 0.267. The van der Waals surface area contributed by atoms with E-state index in [1.165, 1.54) is 0 Å². The van der Waals surface area contributed by atoms with E-state index >= 15 is 0 Å². The molecule has 0 spiro atoms. The molecule has 6 nitrogen and oxygen atoms in total. The Morgan fingerprint density at radius 2 is 2.10 bits per heavy atom. The summed E-state index contributed by atoms with van der Waals surface area (Å²) in [5.41, 5.74) is 3.27. The molecule has 0 fully saturated rings. The molecule has 0 radical (unpaired) electrons. The van der Waals surface area contributed by atoms with Crippen LogP contribution in [0.3, 0.4) is 0 Å². The van der Waals surface area contributed by atoms with Crippen molar-refractivity contribution in [3.05, 3.63) is 41.9 Å². The molecule has 3 aromatic rings. The number of imidazole rings is 1. The van der Waals surface area contributed by atoms with Crippen LogP contribution >= 0.6 is 0 Å². The monoisotopic (exact) mass is 283 g/mol. The molecule has 0 saturated carbocycles. The summed E-state index contributed by atoms with van der Waals surface area (Å²) in [5.74, 6) is 2.10. The quantitative estimate of drug-likeness (QED) is 0.796. The summed E-state index contributed by atoms with van der Waals surface area (Å²) in [4.78, 5) is 12.9. The van der Waals surface area contributed by atoms with E-state index in [2.05, 4.69) is 43.0 Å². The van der Waals surface area contributed by atoms with E-state index in [4.69, 9.17) is 4.74 Å². The molecular weight excluding hydrogens is 266 g/mol. The first-order valence-corrected chi connectivity index (χ1v) is 6.70. The molecular formula is C15H17N5O. The Bertz CT molecular complexity index is 781. The van der Waals surface area contributed by atoms with Gasteiger partial charge in [0.25, 0.3) is 0 Å². The van der Waals surface area contributed by atoms with E-state index in [1.807, 2.05) is 14.0 Å². The highest BCUT2D eigenvalue weighted by Crippen LogP contribution is 2.17. The molecule has 2 heterocycles. The predicted molar refractivity (Wildman–Crippen MR) is 81.4 cm³/mol. The zero-order valence-electron chi connectivity index (χ0n) is 12.3. The maximum absolute atomic E-state index is 5.08. The van der Waals surface area contributed by atoms with Crippen LogP contribution in [-0.4, -0.2) is 26.6 Å². The Kier molecular flexibility index (Phi) is 3.43. The van der Waals surface area contributed by atoms with Crippen LogP contribution in [0.2, 0.25) is 0 Å². The number of rotatable bonds is 4. The lowest BCUT2D eigenvalue weighted by Crippen LogP contribution is -2.04. The van der Waals surface area contributed by atoms with Gasteiger partial charge in [0.2, 0.25) is 11.8 Å². The van der Waals surface area contributed by atoms with E-state index in [1.54, 1.807) is 19.4 Å². The SMILES string of the molecule is COc1ccnc(NCc2ccc3c(c2)nc(C)n3C)n1. The number of aromatic nitrogens is 4. The zero-order valence-corrected chi connectivity index (χ0v) is 12.3. The number of ether oxygens (including phenoxy) is 1. The van der Waals surface area contributed by atoms with Gasteiger partial charge in [0.05, 0.1) is 18.1 Å². The standard InChI is InChI=1S/C15H17N5O/c1-10-18-12-8-11(4-5-13(12)20(10)2)9-17-15-16-7-6-14(19-15)21-3/h4-8H,9H2,1-3H3,(H,16,17,19). The first kappa shape index (κ1) is 13.4. The van der Waals surface area contributed by atoms with Gasteiger partial charge in [-0.05, 0) is 24.6 Å². The van der Waals surface area contributed by atoms with Crippen molar-refractivity contribution in [2.75, 3.05) is 12.4 Å². The van der Waals surface area contributed by atoms with Gasteiger partial charge in [-0.25, -0.2) is 9.97 Å². The number of methoxy groups -OCH3 is 1. The third kappa shape index (κ3) is 2.65.